The quantitative estimate of drug-likeness (QED) is 0.921. The summed E-state index contributed by atoms with van der Waals surface area (Å²) < 4.78 is 1.01. The zero-order chi connectivity index (χ0) is 12.7. The Morgan fingerprint density at radius 1 is 1.44 bits per heavy atom. The molecule has 1 aliphatic rings. The maximum absolute atomic E-state index is 9.10. The summed E-state index contributed by atoms with van der Waals surface area (Å²) >= 11 is 9.75. The second-order valence-electron chi connectivity index (χ2n) is 4.57. The van der Waals surface area contributed by atoms with E-state index in [0.29, 0.717) is 10.9 Å². The molecule has 1 N–H and O–H groups in total. The smallest absolute Gasteiger partial charge is 0.0829 e. The normalized spacial score (nSPS) is 16.1. The van der Waals surface area contributed by atoms with Gasteiger partial charge >= 0.3 is 0 Å². The summed E-state index contributed by atoms with van der Waals surface area (Å²) in [6.07, 6.45) is 1.69. The molecule has 0 bridgehead atoms. The summed E-state index contributed by atoms with van der Waals surface area (Å²) in [6.45, 7) is 1.94. The third kappa shape index (κ3) is 1.98. The van der Waals surface area contributed by atoms with E-state index < -0.39 is 0 Å². The second kappa shape index (κ2) is 4.68. The molecule has 3 nitrogen and oxygen atoms in total. The van der Waals surface area contributed by atoms with E-state index in [1.807, 2.05) is 18.2 Å². The molecule has 0 radical (unpaired) electrons. The Kier molecular flexibility index (Phi) is 3.18. The molecular formula is C13H12BrClN2O. The first-order valence-corrected chi connectivity index (χ1v) is 6.95. The lowest BCUT2D eigenvalue weighted by atomic mass is 9.99. The van der Waals surface area contributed by atoms with Crippen LogP contribution in [0.2, 0.25) is 5.02 Å². The minimum atomic E-state index is 0.237. The van der Waals surface area contributed by atoms with Gasteiger partial charge < -0.3 is 10.0 Å². The van der Waals surface area contributed by atoms with Gasteiger partial charge in [0, 0.05) is 41.7 Å². The lowest BCUT2D eigenvalue weighted by Crippen LogP contribution is -2.48. The van der Waals surface area contributed by atoms with Crippen LogP contribution in [0, 0.1) is 5.92 Å². The van der Waals surface area contributed by atoms with Crippen LogP contribution in [0.5, 0.6) is 0 Å². The molecule has 1 saturated heterocycles. The molecule has 1 aromatic carbocycles. The van der Waals surface area contributed by atoms with Crippen molar-refractivity contribution >= 4 is 44.1 Å². The fourth-order valence-electron chi connectivity index (χ4n) is 2.32. The van der Waals surface area contributed by atoms with Crippen molar-refractivity contribution in [2.45, 2.75) is 0 Å². The van der Waals surface area contributed by atoms with E-state index in [1.165, 1.54) is 0 Å². The predicted octanol–water partition coefficient (Wildman–Crippen LogP) is 3.08. The third-order valence-corrected chi connectivity index (χ3v) is 4.06. The summed E-state index contributed by atoms with van der Waals surface area (Å²) in [7, 11) is 0. The summed E-state index contributed by atoms with van der Waals surface area (Å²) in [5.74, 6) is 0.358. The van der Waals surface area contributed by atoms with Crippen molar-refractivity contribution in [1.29, 1.82) is 0 Å². The lowest BCUT2D eigenvalue weighted by Gasteiger charge is -2.41. The van der Waals surface area contributed by atoms with E-state index in [2.05, 4.69) is 25.8 Å². The molecule has 2 heterocycles. The number of halogens is 2. The molecule has 1 aromatic heterocycles. The summed E-state index contributed by atoms with van der Waals surface area (Å²) in [5, 5.41) is 10.8. The van der Waals surface area contributed by atoms with E-state index in [9.17, 15) is 0 Å². The standard InChI is InChI=1S/C13H12BrClN2O/c14-9-1-2-12-10(3-9)13(11(15)4-16-12)17-5-8(6-17)7-18/h1-4,8,18H,5-7H2. The number of hydrogen-bond donors (Lipinski definition) is 1. The van der Waals surface area contributed by atoms with Gasteiger partial charge in [0.15, 0.2) is 0 Å². The van der Waals surface area contributed by atoms with Crippen molar-refractivity contribution in [1.82, 2.24) is 4.98 Å². The molecule has 0 atom stereocenters. The van der Waals surface area contributed by atoms with Crippen LogP contribution in [-0.4, -0.2) is 29.8 Å². The number of hydrogen-bond acceptors (Lipinski definition) is 3. The Morgan fingerprint density at radius 2 is 2.22 bits per heavy atom. The molecule has 5 heteroatoms. The Hall–Kier alpha value is -0.840. The zero-order valence-electron chi connectivity index (χ0n) is 9.61. The van der Waals surface area contributed by atoms with Gasteiger partial charge in [-0.3, -0.25) is 4.98 Å². The van der Waals surface area contributed by atoms with Gasteiger partial charge in [-0.05, 0) is 18.2 Å². The van der Waals surface area contributed by atoms with Gasteiger partial charge in [0.1, 0.15) is 0 Å². The number of pyridine rings is 1. The lowest BCUT2D eigenvalue weighted by molar-refractivity contribution is 0.201. The van der Waals surface area contributed by atoms with E-state index >= 15 is 0 Å². The molecule has 3 rings (SSSR count). The average Bonchev–Trinajstić information content (AvgIpc) is 2.30. The molecule has 0 spiro atoms. The fourth-order valence-corrected chi connectivity index (χ4v) is 2.95. The summed E-state index contributed by atoms with van der Waals surface area (Å²) in [5.41, 5.74) is 1.96. The number of anilines is 1. The maximum atomic E-state index is 9.10. The van der Waals surface area contributed by atoms with E-state index in [-0.39, 0.29) is 6.61 Å². The van der Waals surface area contributed by atoms with Gasteiger partial charge in [-0.1, -0.05) is 27.5 Å². The van der Waals surface area contributed by atoms with E-state index in [0.717, 1.165) is 34.2 Å². The zero-order valence-corrected chi connectivity index (χ0v) is 11.9. The monoisotopic (exact) mass is 326 g/mol. The molecule has 1 fully saturated rings. The van der Waals surface area contributed by atoms with Crippen LogP contribution in [0.15, 0.2) is 28.9 Å². The topological polar surface area (TPSA) is 36.4 Å². The van der Waals surface area contributed by atoms with Crippen molar-refractivity contribution in [2.75, 3.05) is 24.6 Å². The first-order chi connectivity index (χ1) is 8.69. The molecule has 0 unspecified atom stereocenters. The van der Waals surface area contributed by atoms with Crippen molar-refractivity contribution in [3.63, 3.8) is 0 Å². The highest BCUT2D eigenvalue weighted by Gasteiger charge is 2.28. The Balaban J connectivity index is 2.09. The van der Waals surface area contributed by atoms with Crippen molar-refractivity contribution < 1.29 is 5.11 Å². The van der Waals surface area contributed by atoms with Crippen LogP contribution in [-0.2, 0) is 0 Å². The fraction of sp³-hybridized carbons (Fsp3) is 0.308. The molecule has 2 aromatic rings. The number of nitrogens with zero attached hydrogens (tertiary/aromatic N) is 2. The highest BCUT2D eigenvalue weighted by molar-refractivity contribution is 9.10. The van der Waals surface area contributed by atoms with Gasteiger partial charge in [0.2, 0.25) is 0 Å². The van der Waals surface area contributed by atoms with Crippen LogP contribution in [0.4, 0.5) is 5.69 Å². The van der Waals surface area contributed by atoms with Crippen LogP contribution < -0.4 is 4.90 Å². The first-order valence-electron chi connectivity index (χ1n) is 5.78. The largest absolute Gasteiger partial charge is 0.396 e. The van der Waals surface area contributed by atoms with Gasteiger partial charge in [-0.25, -0.2) is 0 Å². The molecule has 94 valence electrons. The molecule has 1 aliphatic heterocycles. The number of aliphatic hydroxyl groups excluding tert-OH is 1. The van der Waals surface area contributed by atoms with Crippen molar-refractivity contribution in [2.24, 2.45) is 5.92 Å². The van der Waals surface area contributed by atoms with Gasteiger partial charge in [-0.2, -0.15) is 0 Å². The maximum Gasteiger partial charge on any atom is 0.0829 e. The van der Waals surface area contributed by atoms with Crippen LogP contribution in [0.1, 0.15) is 0 Å². The first kappa shape index (κ1) is 12.2. The minimum Gasteiger partial charge on any atom is -0.396 e. The molecular weight excluding hydrogens is 316 g/mol. The predicted molar refractivity (Wildman–Crippen MR) is 77.2 cm³/mol. The van der Waals surface area contributed by atoms with Crippen LogP contribution in [0.3, 0.4) is 0 Å². The van der Waals surface area contributed by atoms with Gasteiger partial charge in [-0.15, -0.1) is 0 Å². The Bertz CT molecular complexity index is 594. The van der Waals surface area contributed by atoms with Crippen molar-refractivity contribution in [3.05, 3.63) is 33.9 Å². The number of aromatic nitrogens is 1. The molecule has 0 saturated carbocycles. The third-order valence-electron chi connectivity index (χ3n) is 3.29. The average molecular weight is 328 g/mol. The Labute approximate surface area is 119 Å². The molecule has 18 heavy (non-hydrogen) atoms. The highest BCUT2D eigenvalue weighted by Crippen LogP contribution is 2.37. The van der Waals surface area contributed by atoms with Crippen LogP contribution in [0.25, 0.3) is 10.9 Å². The van der Waals surface area contributed by atoms with E-state index in [1.54, 1.807) is 6.20 Å². The highest BCUT2D eigenvalue weighted by atomic mass is 79.9. The summed E-state index contributed by atoms with van der Waals surface area (Å²) in [6, 6.07) is 5.98. The number of fused-ring (bicyclic) bond motifs is 1. The number of rotatable bonds is 2. The molecule has 0 amide bonds. The summed E-state index contributed by atoms with van der Waals surface area (Å²) in [4.78, 5) is 6.53. The van der Waals surface area contributed by atoms with Crippen LogP contribution >= 0.6 is 27.5 Å². The number of benzene rings is 1. The van der Waals surface area contributed by atoms with Crippen molar-refractivity contribution in [3.8, 4) is 0 Å². The Morgan fingerprint density at radius 3 is 2.94 bits per heavy atom. The molecule has 0 aliphatic carbocycles. The van der Waals surface area contributed by atoms with E-state index in [4.69, 9.17) is 16.7 Å². The second-order valence-corrected chi connectivity index (χ2v) is 5.89. The van der Waals surface area contributed by atoms with Gasteiger partial charge in [0.05, 0.1) is 16.2 Å². The number of aliphatic hydroxyl groups is 1. The van der Waals surface area contributed by atoms with Gasteiger partial charge in [0.25, 0.3) is 0 Å². The SMILES string of the molecule is OCC1CN(c2c(Cl)cnc3ccc(Br)cc23)C1. The minimum absolute atomic E-state index is 0.237.